The van der Waals surface area contributed by atoms with Crippen molar-refractivity contribution in [2.24, 2.45) is 0 Å². The van der Waals surface area contributed by atoms with Crippen LogP contribution in [0.1, 0.15) is 44.1 Å². The summed E-state index contributed by atoms with van der Waals surface area (Å²) < 4.78 is 6.27. The Labute approximate surface area is 134 Å². The van der Waals surface area contributed by atoms with Crippen molar-refractivity contribution >= 4 is 11.8 Å². The van der Waals surface area contributed by atoms with E-state index in [-0.39, 0.29) is 11.1 Å². The molecule has 0 spiro atoms. The van der Waals surface area contributed by atoms with Crippen LogP contribution in [0.3, 0.4) is 0 Å². The Kier molecular flexibility index (Phi) is 6.12. The molecule has 1 aromatic heterocycles. The van der Waals surface area contributed by atoms with Crippen molar-refractivity contribution in [1.29, 1.82) is 0 Å². The molecule has 120 valence electrons. The monoisotopic (exact) mass is 321 g/mol. The highest BCUT2D eigenvalue weighted by Crippen LogP contribution is 2.30. The average molecular weight is 321 g/mol. The lowest BCUT2D eigenvalue weighted by molar-refractivity contribution is 0.278. The molecule has 1 atom stereocenters. The number of para-hydroxylation sites is 1. The van der Waals surface area contributed by atoms with Crippen molar-refractivity contribution in [2.75, 3.05) is 0 Å². The smallest absolute Gasteiger partial charge is 0.340 e. The van der Waals surface area contributed by atoms with Crippen molar-refractivity contribution in [2.45, 2.75) is 51.2 Å². The second kappa shape index (κ2) is 8.08. The molecule has 0 fully saturated rings. The lowest BCUT2D eigenvalue weighted by Gasteiger charge is -2.21. The normalized spacial score (nSPS) is 12.3. The molecule has 22 heavy (non-hydrogen) atoms. The molecule has 0 radical (unpaired) electrons. The predicted molar refractivity (Wildman–Crippen MR) is 90.4 cm³/mol. The number of nitrogens with zero attached hydrogens (tertiary/aromatic N) is 1. The highest BCUT2D eigenvalue weighted by Gasteiger charge is 2.15. The molecule has 6 heteroatoms. The molecule has 0 amide bonds. The van der Waals surface area contributed by atoms with E-state index in [9.17, 15) is 4.79 Å². The van der Waals surface area contributed by atoms with Gasteiger partial charge in [0.05, 0.1) is 5.75 Å². The number of aromatic amines is 2. The number of thioether (sulfide) groups is 1. The van der Waals surface area contributed by atoms with Gasteiger partial charge in [-0.1, -0.05) is 39.0 Å². The maximum Gasteiger partial charge on any atom is 0.340 e. The lowest BCUT2D eigenvalue weighted by atomic mass is 10.0. The third kappa shape index (κ3) is 4.16. The van der Waals surface area contributed by atoms with Crippen LogP contribution in [0.5, 0.6) is 5.75 Å². The molecule has 0 saturated carbocycles. The minimum Gasteiger partial charge on any atom is -0.479 e. The maximum atomic E-state index is 11.0. The fourth-order valence-electron chi connectivity index (χ4n) is 2.26. The fraction of sp³-hybridized carbons (Fsp3) is 0.500. The highest BCUT2D eigenvalue weighted by atomic mass is 32.2. The Hall–Kier alpha value is -1.69. The summed E-state index contributed by atoms with van der Waals surface area (Å²) in [5, 5.41) is 6.31. The summed E-state index contributed by atoms with van der Waals surface area (Å²) in [5.74, 6) is 2.28. The van der Waals surface area contributed by atoms with Crippen molar-refractivity contribution in [1.82, 2.24) is 15.2 Å². The van der Waals surface area contributed by atoms with Crippen LogP contribution < -0.4 is 10.4 Å². The molecule has 2 rings (SSSR count). The number of H-pyrrole nitrogens is 2. The Morgan fingerprint density at radius 2 is 1.91 bits per heavy atom. The number of aryl methyl sites for hydroxylation is 2. The van der Waals surface area contributed by atoms with Crippen molar-refractivity contribution in [3.8, 4) is 5.75 Å². The summed E-state index contributed by atoms with van der Waals surface area (Å²) in [6.07, 6.45) is 2.80. The molecular weight excluding hydrogens is 298 g/mol. The summed E-state index contributed by atoms with van der Waals surface area (Å²) in [7, 11) is 0. The van der Waals surface area contributed by atoms with Crippen LogP contribution in [0.4, 0.5) is 0 Å². The molecule has 0 bridgehead atoms. The fourth-order valence-corrected chi connectivity index (χ4v) is 3.14. The third-order valence-corrected chi connectivity index (χ3v) is 4.72. The summed E-state index contributed by atoms with van der Waals surface area (Å²) in [6, 6.07) is 6.33. The molecule has 0 aliphatic carbocycles. The van der Waals surface area contributed by atoms with Gasteiger partial charge in [-0.05, 0) is 30.4 Å². The van der Waals surface area contributed by atoms with Gasteiger partial charge >= 0.3 is 5.69 Å². The zero-order valence-corrected chi connectivity index (χ0v) is 14.1. The number of aromatic nitrogens is 3. The van der Waals surface area contributed by atoms with Crippen LogP contribution in [0.2, 0.25) is 0 Å². The largest absolute Gasteiger partial charge is 0.479 e. The molecular formula is C16H23N3O2S. The molecule has 5 nitrogen and oxygen atoms in total. The summed E-state index contributed by atoms with van der Waals surface area (Å²) in [5.41, 5.74) is 2.26. The standard InChI is InChI=1S/C16H23N3O2S/c1-4-11-8-7-9-12(5-2)15(11)21-14(6-3)22-10-13-17-16(20)19-18-13/h7-9,14H,4-6,10H2,1-3H3,(H2,17,18,19,20). The van der Waals surface area contributed by atoms with E-state index >= 15 is 0 Å². The van der Waals surface area contributed by atoms with Gasteiger partial charge < -0.3 is 4.74 Å². The highest BCUT2D eigenvalue weighted by molar-refractivity contribution is 7.99. The van der Waals surface area contributed by atoms with Crippen molar-refractivity contribution in [3.63, 3.8) is 0 Å². The van der Waals surface area contributed by atoms with Crippen LogP contribution in [0.15, 0.2) is 23.0 Å². The van der Waals surface area contributed by atoms with Gasteiger partial charge in [0.25, 0.3) is 0 Å². The minimum absolute atomic E-state index is 0.0400. The summed E-state index contributed by atoms with van der Waals surface area (Å²) in [4.78, 5) is 13.7. The van der Waals surface area contributed by atoms with Gasteiger partial charge in [0, 0.05) is 0 Å². The van der Waals surface area contributed by atoms with E-state index in [1.165, 1.54) is 11.1 Å². The molecule has 1 unspecified atom stereocenters. The Morgan fingerprint density at radius 1 is 1.23 bits per heavy atom. The number of rotatable bonds is 8. The Balaban J connectivity index is 2.08. The van der Waals surface area contributed by atoms with Crippen LogP contribution in [-0.4, -0.2) is 20.6 Å². The number of nitrogens with one attached hydrogen (secondary N) is 2. The quantitative estimate of drug-likeness (QED) is 0.732. The van der Waals surface area contributed by atoms with Gasteiger partial charge in [-0.15, -0.1) is 11.8 Å². The summed E-state index contributed by atoms with van der Waals surface area (Å²) >= 11 is 1.65. The number of hydrogen-bond donors (Lipinski definition) is 2. The second-order valence-electron chi connectivity index (χ2n) is 5.00. The first-order valence-electron chi connectivity index (χ1n) is 7.70. The van der Waals surface area contributed by atoms with Crippen LogP contribution >= 0.6 is 11.8 Å². The summed E-state index contributed by atoms with van der Waals surface area (Å²) in [6.45, 7) is 6.39. The van der Waals surface area contributed by atoms with Crippen LogP contribution in [-0.2, 0) is 18.6 Å². The first-order chi connectivity index (χ1) is 10.7. The van der Waals surface area contributed by atoms with Crippen molar-refractivity contribution < 1.29 is 4.74 Å². The molecule has 2 N–H and O–H groups in total. The van der Waals surface area contributed by atoms with Crippen molar-refractivity contribution in [3.05, 3.63) is 45.6 Å². The van der Waals surface area contributed by atoms with E-state index in [4.69, 9.17) is 4.74 Å². The molecule has 1 aromatic carbocycles. The van der Waals surface area contributed by atoms with E-state index in [2.05, 4.69) is 54.2 Å². The van der Waals surface area contributed by atoms with E-state index in [0.29, 0.717) is 11.6 Å². The maximum absolute atomic E-state index is 11.0. The van der Waals surface area contributed by atoms with Crippen LogP contribution in [0.25, 0.3) is 0 Å². The second-order valence-corrected chi connectivity index (χ2v) is 6.15. The Bertz CT molecular complexity index is 629. The first-order valence-corrected chi connectivity index (χ1v) is 8.75. The van der Waals surface area contributed by atoms with Gasteiger partial charge in [0.15, 0.2) is 0 Å². The molecule has 2 aromatic rings. The van der Waals surface area contributed by atoms with Gasteiger partial charge in [-0.2, -0.15) is 5.10 Å². The lowest BCUT2D eigenvalue weighted by Crippen LogP contribution is -2.14. The SMILES string of the molecule is CCc1cccc(CC)c1OC(CC)SCc1n[nH]c(=O)[nH]1. The molecule has 1 heterocycles. The van der Waals surface area contributed by atoms with E-state index in [1.807, 2.05) is 0 Å². The zero-order chi connectivity index (χ0) is 15.9. The van der Waals surface area contributed by atoms with Gasteiger partial charge in [-0.25, -0.2) is 9.89 Å². The van der Waals surface area contributed by atoms with Crippen LogP contribution in [0, 0.1) is 0 Å². The van der Waals surface area contributed by atoms with E-state index < -0.39 is 0 Å². The predicted octanol–water partition coefficient (Wildman–Crippen LogP) is 3.27. The molecule has 0 saturated heterocycles. The van der Waals surface area contributed by atoms with Gasteiger partial charge in [0.2, 0.25) is 0 Å². The Morgan fingerprint density at radius 3 is 2.41 bits per heavy atom. The first kappa shape index (κ1) is 16.7. The van der Waals surface area contributed by atoms with Gasteiger partial charge in [0.1, 0.15) is 17.0 Å². The zero-order valence-electron chi connectivity index (χ0n) is 13.3. The third-order valence-electron chi connectivity index (χ3n) is 3.48. The number of hydrogen-bond acceptors (Lipinski definition) is 4. The topological polar surface area (TPSA) is 70.8 Å². The van der Waals surface area contributed by atoms with Gasteiger partial charge in [-0.3, -0.25) is 4.98 Å². The van der Waals surface area contributed by atoms with E-state index in [1.54, 1.807) is 11.8 Å². The average Bonchev–Trinajstić information content (AvgIpc) is 2.96. The molecule has 0 aliphatic rings. The number of benzene rings is 1. The van der Waals surface area contributed by atoms with E-state index in [0.717, 1.165) is 25.0 Å². The number of ether oxygens (including phenoxy) is 1. The molecule has 0 aliphatic heterocycles. The minimum atomic E-state index is -0.269.